The van der Waals surface area contributed by atoms with E-state index in [9.17, 15) is 9.18 Å². The molecule has 0 atom stereocenters. The average Bonchev–Trinajstić information content (AvgIpc) is 2.21. The molecule has 0 radical (unpaired) electrons. The van der Waals surface area contributed by atoms with Crippen molar-refractivity contribution in [2.75, 3.05) is 5.32 Å². The molecule has 0 saturated carbocycles. The van der Waals surface area contributed by atoms with Crippen LogP contribution in [0.2, 0.25) is 0 Å². The molecule has 0 saturated heterocycles. The topological polar surface area (TPSA) is 51.2 Å². The zero-order chi connectivity index (χ0) is 13.9. The van der Waals surface area contributed by atoms with E-state index in [1.165, 1.54) is 6.07 Å². The summed E-state index contributed by atoms with van der Waals surface area (Å²) in [6.07, 6.45) is -0.708. The van der Waals surface area contributed by atoms with Crippen LogP contribution >= 0.6 is 31.9 Å². The van der Waals surface area contributed by atoms with Crippen molar-refractivity contribution in [3.8, 4) is 0 Å². The van der Waals surface area contributed by atoms with Gasteiger partial charge in [0.05, 0.1) is 11.4 Å². The van der Waals surface area contributed by atoms with E-state index >= 15 is 0 Å². The van der Waals surface area contributed by atoms with Gasteiger partial charge in [0.15, 0.2) is 5.82 Å². The molecule has 18 heavy (non-hydrogen) atoms. The zero-order valence-electron chi connectivity index (χ0n) is 10.2. The second-order valence-corrected chi connectivity index (χ2v) is 5.84. The van der Waals surface area contributed by atoms with Gasteiger partial charge in [0.25, 0.3) is 0 Å². The van der Waals surface area contributed by atoms with Crippen molar-refractivity contribution in [3.05, 3.63) is 22.2 Å². The van der Waals surface area contributed by atoms with Crippen LogP contribution in [0.25, 0.3) is 0 Å². The number of carbonyl (C=O) groups excluding carboxylic acids is 1. The molecule has 7 heteroatoms. The molecule has 0 aromatic carbocycles. The van der Waals surface area contributed by atoms with Crippen LogP contribution in [0.3, 0.4) is 0 Å². The van der Waals surface area contributed by atoms with Crippen molar-refractivity contribution in [2.24, 2.45) is 0 Å². The fourth-order valence-electron chi connectivity index (χ4n) is 1.12. The van der Waals surface area contributed by atoms with E-state index < -0.39 is 17.5 Å². The lowest BCUT2D eigenvalue weighted by Crippen LogP contribution is -2.27. The molecule has 0 aliphatic carbocycles. The number of carbonyl (C=O) groups is 1. The van der Waals surface area contributed by atoms with Crippen LogP contribution in [0.1, 0.15) is 26.5 Å². The monoisotopic (exact) mass is 382 g/mol. The Labute approximate surface area is 122 Å². The highest BCUT2D eigenvalue weighted by Crippen LogP contribution is 2.24. The molecule has 0 spiro atoms. The van der Waals surface area contributed by atoms with Gasteiger partial charge < -0.3 is 4.74 Å². The van der Waals surface area contributed by atoms with Crippen molar-refractivity contribution in [2.45, 2.75) is 31.7 Å². The fourth-order valence-corrected chi connectivity index (χ4v) is 1.85. The SMILES string of the molecule is CC(C)(C)OC(=O)Nc1cc(CBr)nc(Br)c1F. The van der Waals surface area contributed by atoms with Gasteiger partial charge in [-0.15, -0.1) is 0 Å². The van der Waals surface area contributed by atoms with Crippen LogP contribution in [0, 0.1) is 5.82 Å². The van der Waals surface area contributed by atoms with Crippen molar-refractivity contribution >= 4 is 43.6 Å². The number of nitrogens with zero attached hydrogens (tertiary/aromatic N) is 1. The van der Waals surface area contributed by atoms with E-state index in [2.05, 4.69) is 42.2 Å². The summed E-state index contributed by atoms with van der Waals surface area (Å²) in [6, 6.07) is 1.44. The predicted octanol–water partition coefficient (Wildman–Crippen LogP) is 4.23. The number of ether oxygens (including phenoxy) is 1. The molecule has 1 amide bonds. The Bertz CT molecular complexity index is 461. The molecule has 1 rings (SSSR count). The van der Waals surface area contributed by atoms with Gasteiger partial charge in [0, 0.05) is 5.33 Å². The molecule has 0 unspecified atom stereocenters. The standard InChI is InChI=1S/C11H13Br2FN2O2/c1-11(2,3)18-10(17)16-7-4-6(5-12)15-9(13)8(7)14/h4H,5H2,1-3H3,(H,15,16,17). The Balaban J connectivity index is 2.90. The van der Waals surface area contributed by atoms with E-state index in [1.54, 1.807) is 20.8 Å². The molecule has 0 bridgehead atoms. The first-order chi connectivity index (χ1) is 8.23. The van der Waals surface area contributed by atoms with Gasteiger partial charge in [-0.1, -0.05) is 15.9 Å². The minimum Gasteiger partial charge on any atom is -0.444 e. The highest BCUT2D eigenvalue weighted by molar-refractivity contribution is 9.10. The summed E-state index contributed by atoms with van der Waals surface area (Å²) in [5.41, 5.74) is -0.0156. The molecule has 1 heterocycles. The number of amides is 1. The summed E-state index contributed by atoms with van der Waals surface area (Å²) < 4.78 is 18.8. The number of hydrogen-bond acceptors (Lipinski definition) is 3. The zero-order valence-corrected chi connectivity index (χ0v) is 13.4. The summed E-state index contributed by atoms with van der Waals surface area (Å²) in [7, 11) is 0. The van der Waals surface area contributed by atoms with E-state index in [1.807, 2.05) is 0 Å². The van der Waals surface area contributed by atoms with E-state index in [0.717, 1.165) is 0 Å². The lowest BCUT2D eigenvalue weighted by Gasteiger charge is -2.20. The van der Waals surface area contributed by atoms with Crippen molar-refractivity contribution < 1.29 is 13.9 Å². The smallest absolute Gasteiger partial charge is 0.412 e. The highest BCUT2D eigenvalue weighted by atomic mass is 79.9. The first kappa shape index (κ1) is 15.4. The van der Waals surface area contributed by atoms with Crippen molar-refractivity contribution in [1.29, 1.82) is 0 Å². The van der Waals surface area contributed by atoms with Gasteiger partial charge in [-0.3, -0.25) is 5.32 Å². The number of aromatic nitrogens is 1. The Morgan fingerprint density at radius 3 is 2.67 bits per heavy atom. The molecular formula is C11H13Br2FN2O2. The third kappa shape index (κ3) is 4.53. The van der Waals surface area contributed by atoms with Gasteiger partial charge in [0.1, 0.15) is 10.2 Å². The van der Waals surface area contributed by atoms with Crippen LogP contribution in [-0.4, -0.2) is 16.7 Å². The Morgan fingerprint density at radius 2 is 2.17 bits per heavy atom. The van der Waals surface area contributed by atoms with Crippen molar-refractivity contribution in [3.63, 3.8) is 0 Å². The summed E-state index contributed by atoms with van der Waals surface area (Å²) >= 11 is 6.21. The number of anilines is 1. The number of alkyl halides is 1. The van der Waals surface area contributed by atoms with Crippen LogP contribution in [0.4, 0.5) is 14.9 Å². The van der Waals surface area contributed by atoms with Gasteiger partial charge >= 0.3 is 6.09 Å². The normalized spacial score (nSPS) is 11.2. The summed E-state index contributed by atoms with van der Waals surface area (Å²) in [4.78, 5) is 15.5. The molecule has 1 aromatic heterocycles. The molecule has 1 N–H and O–H groups in total. The highest BCUT2D eigenvalue weighted by Gasteiger charge is 2.19. The molecule has 1 aromatic rings. The number of halogens is 3. The minimum absolute atomic E-state index is 0.0283. The maximum absolute atomic E-state index is 13.7. The summed E-state index contributed by atoms with van der Waals surface area (Å²) in [5, 5.41) is 2.81. The van der Waals surface area contributed by atoms with Crippen LogP contribution in [-0.2, 0) is 10.1 Å². The third-order valence-electron chi connectivity index (χ3n) is 1.74. The third-order valence-corrected chi connectivity index (χ3v) is 2.84. The summed E-state index contributed by atoms with van der Waals surface area (Å²) in [5.74, 6) is -0.634. The Hall–Kier alpha value is -0.690. The van der Waals surface area contributed by atoms with Gasteiger partial charge in [0.2, 0.25) is 0 Å². The molecule has 0 fully saturated rings. The molecule has 4 nitrogen and oxygen atoms in total. The summed E-state index contributed by atoms with van der Waals surface area (Å²) in [6.45, 7) is 5.19. The molecule has 0 aliphatic rings. The second-order valence-electron chi connectivity index (χ2n) is 4.53. The number of pyridine rings is 1. The first-order valence-electron chi connectivity index (χ1n) is 5.14. The Morgan fingerprint density at radius 1 is 1.56 bits per heavy atom. The van der Waals surface area contributed by atoms with E-state index in [0.29, 0.717) is 11.0 Å². The van der Waals surface area contributed by atoms with Crippen molar-refractivity contribution in [1.82, 2.24) is 4.98 Å². The molecular weight excluding hydrogens is 371 g/mol. The Kier molecular flexibility index (Phi) is 5.10. The first-order valence-corrected chi connectivity index (χ1v) is 7.05. The minimum atomic E-state index is -0.708. The predicted molar refractivity (Wildman–Crippen MR) is 74.4 cm³/mol. The van der Waals surface area contributed by atoms with E-state index in [-0.39, 0.29) is 10.3 Å². The van der Waals surface area contributed by atoms with Gasteiger partial charge in [-0.2, -0.15) is 0 Å². The quantitative estimate of drug-likeness (QED) is 0.614. The lowest BCUT2D eigenvalue weighted by molar-refractivity contribution is 0.0635. The number of hydrogen-bond donors (Lipinski definition) is 1. The average molecular weight is 384 g/mol. The number of rotatable bonds is 2. The van der Waals surface area contributed by atoms with Gasteiger partial charge in [-0.05, 0) is 42.8 Å². The fraction of sp³-hybridized carbons (Fsp3) is 0.455. The van der Waals surface area contributed by atoms with Gasteiger partial charge in [-0.25, -0.2) is 14.2 Å². The maximum Gasteiger partial charge on any atom is 0.412 e. The number of nitrogens with one attached hydrogen (secondary N) is 1. The van der Waals surface area contributed by atoms with Crippen LogP contribution in [0.15, 0.2) is 10.7 Å². The lowest BCUT2D eigenvalue weighted by atomic mass is 10.2. The largest absolute Gasteiger partial charge is 0.444 e. The molecule has 0 aliphatic heterocycles. The molecule has 100 valence electrons. The second kappa shape index (κ2) is 5.97. The van der Waals surface area contributed by atoms with E-state index in [4.69, 9.17) is 4.74 Å². The van der Waals surface area contributed by atoms with Crippen LogP contribution < -0.4 is 5.32 Å². The maximum atomic E-state index is 13.7. The van der Waals surface area contributed by atoms with Crippen LogP contribution in [0.5, 0.6) is 0 Å².